The first-order valence-corrected chi connectivity index (χ1v) is 12.0. The molecule has 9 nitrogen and oxygen atoms in total. The molecule has 1 aromatic heterocycles. The van der Waals surface area contributed by atoms with Crippen molar-refractivity contribution in [3.05, 3.63) is 59.2 Å². The van der Waals surface area contributed by atoms with Crippen LogP contribution in [0.25, 0.3) is 17.5 Å². The molecule has 182 valence electrons. The first-order valence-electron chi connectivity index (χ1n) is 12.0. The van der Waals surface area contributed by atoms with Crippen molar-refractivity contribution < 1.29 is 14.3 Å². The molecular formula is C26H30N6O3. The van der Waals surface area contributed by atoms with E-state index in [1.807, 2.05) is 36.4 Å². The van der Waals surface area contributed by atoms with Gasteiger partial charge in [0, 0.05) is 61.7 Å². The Bertz CT molecular complexity index is 1210. The standard InChI is InChI=1S/C26H30N6O3/c1-31(23-10-12-34-13-11-23)17-18-3-6-22(7-4-18)27-26(33)20-9-14-35-24-8-5-19(15-21(24)16-20)25-28-29-30-32(25)2/h3-8,15-16,23H,9-14,17H2,1-2H3,(H,27,33). The van der Waals surface area contributed by atoms with Gasteiger partial charge < -0.3 is 14.8 Å². The Morgan fingerprint density at radius 1 is 1.14 bits per heavy atom. The number of carbonyl (C=O) groups is 1. The number of fused-ring (bicyclic) bond motifs is 1. The molecule has 0 atom stereocenters. The molecule has 0 bridgehead atoms. The lowest BCUT2D eigenvalue weighted by Gasteiger charge is -2.31. The summed E-state index contributed by atoms with van der Waals surface area (Å²) < 4.78 is 13.0. The molecule has 1 saturated heterocycles. The summed E-state index contributed by atoms with van der Waals surface area (Å²) in [7, 11) is 3.96. The SMILES string of the molecule is CN(Cc1ccc(NC(=O)C2=Cc3cc(-c4nnnn4C)ccc3OCC2)cc1)C1CCOCC1. The van der Waals surface area contributed by atoms with Crippen LogP contribution in [0.5, 0.6) is 5.75 Å². The van der Waals surface area contributed by atoms with Gasteiger partial charge in [0.25, 0.3) is 5.91 Å². The molecule has 0 unspecified atom stereocenters. The quantitative estimate of drug-likeness (QED) is 0.586. The second-order valence-electron chi connectivity index (χ2n) is 9.06. The summed E-state index contributed by atoms with van der Waals surface area (Å²) in [5, 5.41) is 14.7. The number of anilines is 1. The van der Waals surface area contributed by atoms with E-state index in [0.29, 0.717) is 30.5 Å². The highest BCUT2D eigenvalue weighted by Gasteiger charge is 2.19. The molecule has 3 aromatic rings. The zero-order valence-electron chi connectivity index (χ0n) is 20.1. The van der Waals surface area contributed by atoms with E-state index in [1.165, 1.54) is 5.56 Å². The molecule has 35 heavy (non-hydrogen) atoms. The highest BCUT2D eigenvalue weighted by Crippen LogP contribution is 2.30. The molecule has 2 aliphatic rings. The summed E-state index contributed by atoms with van der Waals surface area (Å²) >= 11 is 0. The lowest BCUT2D eigenvalue weighted by Crippen LogP contribution is -2.36. The number of rotatable bonds is 6. The maximum Gasteiger partial charge on any atom is 0.251 e. The predicted molar refractivity (Wildman–Crippen MR) is 133 cm³/mol. The van der Waals surface area contributed by atoms with Crippen LogP contribution in [0, 0.1) is 0 Å². The molecular weight excluding hydrogens is 444 g/mol. The number of tetrazole rings is 1. The number of benzene rings is 2. The molecule has 5 rings (SSSR count). The molecule has 9 heteroatoms. The highest BCUT2D eigenvalue weighted by atomic mass is 16.5. The largest absolute Gasteiger partial charge is 0.493 e. The number of carbonyl (C=O) groups excluding carboxylic acids is 1. The summed E-state index contributed by atoms with van der Waals surface area (Å²) in [6.45, 7) is 2.99. The molecule has 1 amide bonds. The zero-order chi connectivity index (χ0) is 24.2. The van der Waals surface area contributed by atoms with Crippen LogP contribution in [-0.2, 0) is 23.1 Å². The fourth-order valence-corrected chi connectivity index (χ4v) is 4.56. The average Bonchev–Trinajstić information content (AvgIpc) is 3.19. The maximum absolute atomic E-state index is 13.1. The average molecular weight is 475 g/mol. The first-order chi connectivity index (χ1) is 17.1. The number of hydrogen-bond donors (Lipinski definition) is 1. The van der Waals surface area contributed by atoms with Gasteiger partial charge in [0.1, 0.15) is 5.75 Å². The van der Waals surface area contributed by atoms with E-state index in [4.69, 9.17) is 9.47 Å². The number of nitrogens with one attached hydrogen (secondary N) is 1. The summed E-state index contributed by atoms with van der Waals surface area (Å²) in [6, 6.07) is 14.4. The van der Waals surface area contributed by atoms with Crippen LogP contribution in [0.2, 0.25) is 0 Å². The van der Waals surface area contributed by atoms with Crippen LogP contribution in [0.4, 0.5) is 5.69 Å². The molecule has 0 spiro atoms. The number of hydrogen-bond acceptors (Lipinski definition) is 7. The molecule has 0 radical (unpaired) electrons. The molecule has 2 aromatic carbocycles. The van der Waals surface area contributed by atoms with Gasteiger partial charge in [-0.1, -0.05) is 12.1 Å². The van der Waals surface area contributed by atoms with E-state index >= 15 is 0 Å². The zero-order valence-corrected chi connectivity index (χ0v) is 20.1. The van der Waals surface area contributed by atoms with Gasteiger partial charge >= 0.3 is 0 Å². The smallest absolute Gasteiger partial charge is 0.251 e. The third-order valence-electron chi connectivity index (χ3n) is 6.60. The van der Waals surface area contributed by atoms with Crippen LogP contribution >= 0.6 is 0 Å². The fourth-order valence-electron chi connectivity index (χ4n) is 4.56. The minimum atomic E-state index is -0.126. The molecule has 2 aliphatic heterocycles. The molecule has 1 fully saturated rings. The molecule has 1 N–H and O–H groups in total. The van der Waals surface area contributed by atoms with Gasteiger partial charge in [0.15, 0.2) is 5.82 Å². The first kappa shape index (κ1) is 23.2. The van der Waals surface area contributed by atoms with Gasteiger partial charge in [-0.3, -0.25) is 9.69 Å². The number of nitrogens with zero attached hydrogens (tertiary/aromatic N) is 5. The summed E-state index contributed by atoms with van der Waals surface area (Å²) in [6.07, 6.45) is 4.56. The van der Waals surface area contributed by atoms with Crippen molar-refractivity contribution >= 4 is 17.7 Å². The summed E-state index contributed by atoms with van der Waals surface area (Å²) in [5.41, 5.74) is 4.36. The van der Waals surface area contributed by atoms with Gasteiger partial charge in [-0.25, -0.2) is 4.68 Å². The Morgan fingerprint density at radius 2 is 1.94 bits per heavy atom. The Morgan fingerprint density at radius 3 is 2.69 bits per heavy atom. The number of ether oxygens (including phenoxy) is 2. The van der Waals surface area contributed by atoms with Crippen molar-refractivity contribution in [1.29, 1.82) is 0 Å². The van der Waals surface area contributed by atoms with E-state index in [1.54, 1.807) is 11.7 Å². The normalized spacial score (nSPS) is 16.3. The van der Waals surface area contributed by atoms with Crippen molar-refractivity contribution in [2.45, 2.75) is 31.8 Å². The van der Waals surface area contributed by atoms with Gasteiger partial charge in [-0.05, 0) is 72.3 Å². The van der Waals surface area contributed by atoms with Crippen molar-refractivity contribution in [2.24, 2.45) is 7.05 Å². The van der Waals surface area contributed by atoms with Crippen molar-refractivity contribution in [2.75, 3.05) is 32.2 Å². The Labute approximate surface area is 204 Å². The van der Waals surface area contributed by atoms with Crippen LogP contribution in [0.1, 0.15) is 30.4 Å². The second kappa shape index (κ2) is 10.4. The number of aromatic nitrogens is 4. The Kier molecular flexibility index (Phi) is 6.87. The summed E-state index contributed by atoms with van der Waals surface area (Å²) in [4.78, 5) is 15.5. The number of amides is 1. The van der Waals surface area contributed by atoms with Crippen LogP contribution in [-0.4, -0.2) is 63.9 Å². The third kappa shape index (κ3) is 5.41. The lowest BCUT2D eigenvalue weighted by molar-refractivity contribution is -0.113. The number of aryl methyl sites for hydroxylation is 1. The topological polar surface area (TPSA) is 94.4 Å². The predicted octanol–water partition coefficient (Wildman–Crippen LogP) is 3.29. The van der Waals surface area contributed by atoms with E-state index in [2.05, 4.69) is 44.9 Å². The van der Waals surface area contributed by atoms with E-state index in [0.717, 1.165) is 55.2 Å². The van der Waals surface area contributed by atoms with Crippen molar-refractivity contribution in [1.82, 2.24) is 25.1 Å². The Balaban J connectivity index is 1.26. The van der Waals surface area contributed by atoms with E-state index in [9.17, 15) is 4.79 Å². The lowest BCUT2D eigenvalue weighted by atomic mass is 10.0. The Hall–Kier alpha value is -3.56. The second-order valence-corrected chi connectivity index (χ2v) is 9.06. The monoisotopic (exact) mass is 474 g/mol. The minimum absolute atomic E-state index is 0.126. The van der Waals surface area contributed by atoms with E-state index < -0.39 is 0 Å². The third-order valence-corrected chi connectivity index (χ3v) is 6.60. The molecule has 0 saturated carbocycles. The van der Waals surface area contributed by atoms with Gasteiger partial charge in [-0.15, -0.1) is 5.10 Å². The summed E-state index contributed by atoms with van der Waals surface area (Å²) in [5.74, 6) is 1.27. The van der Waals surface area contributed by atoms with Crippen LogP contribution in [0.3, 0.4) is 0 Å². The van der Waals surface area contributed by atoms with Gasteiger partial charge in [0.2, 0.25) is 0 Å². The highest BCUT2D eigenvalue weighted by molar-refractivity contribution is 6.07. The van der Waals surface area contributed by atoms with Crippen molar-refractivity contribution in [3.63, 3.8) is 0 Å². The molecule has 3 heterocycles. The van der Waals surface area contributed by atoms with Crippen LogP contribution < -0.4 is 10.1 Å². The fraction of sp³-hybridized carbons (Fsp3) is 0.385. The maximum atomic E-state index is 13.1. The van der Waals surface area contributed by atoms with Crippen LogP contribution in [0.15, 0.2) is 48.0 Å². The van der Waals surface area contributed by atoms with Gasteiger partial charge in [-0.2, -0.15) is 0 Å². The van der Waals surface area contributed by atoms with Crippen molar-refractivity contribution in [3.8, 4) is 17.1 Å². The molecule has 0 aliphatic carbocycles. The van der Waals surface area contributed by atoms with E-state index in [-0.39, 0.29) is 5.91 Å². The minimum Gasteiger partial charge on any atom is -0.493 e. The van der Waals surface area contributed by atoms with Gasteiger partial charge in [0.05, 0.1) is 6.61 Å².